The maximum absolute atomic E-state index is 5.51. The summed E-state index contributed by atoms with van der Waals surface area (Å²) >= 11 is 3.39. The summed E-state index contributed by atoms with van der Waals surface area (Å²) in [6.07, 6.45) is 18.5. The second-order valence-electron chi connectivity index (χ2n) is 7.85. The van der Waals surface area contributed by atoms with Crippen molar-refractivity contribution in [3.05, 3.63) is 77.0 Å². The number of aromatic nitrogens is 1. The number of anilines is 1. The number of methoxy groups -OCH3 is 4. The number of thiazole rings is 1. The molecule has 0 amide bonds. The van der Waals surface area contributed by atoms with Gasteiger partial charge in [-0.05, 0) is 26.0 Å². The number of rotatable bonds is 9. The van der Waals surface area contributed by atoms with Crippen LogP contribution in [-0.2, 0) is 0 Å². The third-order valence-corrected chi connectivity index (χ3v) is 7.83. The van der Waals surface area contributed by atoms with E-state index in [9.17, 15) is 0 Å². The first kappa shape index (κ1) is 29.7. The average molecular weight is 663 g/mol. The molecule has 9 heteroatoms. The van der Waals surface area contributed by atoms with Crippen molar-refractivity contribution in [2.24, 2.45) is 0 Å². The van der Waals surface area contributed by atoms with Crippen molar-refractivity contribution < 1.29 is 47.5 Å². The Kier molecular flexibility index (Phi) is 10.7. The number of halogens is 1. The van der Waals surface area contributed by atoms with E-state index in [-0.39, 0.29) is 24.0 Å². The number of thioether (sulfide) groups is 1. The van der Waals surface area contributed by atoms with E-state index in [0.29, 0.717) is 11.5 Å². The van der Waals surface area contributed by atoms with Gasteiger partial charge in [0.15, 0.2) is 29.2 Å². The molecule has 0 spiro atoms. The van der Waals surface area contributed by atoms with E-state index in [0.717, 1.165) is 42.3 Å². The van der Waals surface area contributed by atoms with Crippen molar-refractivity contribution in [3.63, 3.8) is 0 Å². The molecule has 0 radical (unpaired) electrons. The minimum Gasteiger partial charge on any atom is -1.00 e. The molecule has 4 rings (SSSR count). The van der Waals surface area contributed by atoms with Crippen LogP contribution in [0.15, 0.2) is 76.8 Å². The van der Waals surface area contributed by atoms with Gasteiger partial charge in [0.2, 0.25) is 5.52 Å². The normalized spacial score (nSPS) is 14.4. The number of hydrogen-bond acceptors (Lipinski definition) is 7. The van der Waals surface area contributed by atoms with Crippen LogP contribution in [0.1, 0.15) is 18.9 Å². The highest BCUT2D eigenvalue weighted by molar-refractivity contribution is 8.03. The van der Waals surface area contributed by atoms with Gasteiger partial charge in [-0.3, -0.25) is 0 Å². The largest absolute Gasteiger partial charge is 1.00 e. The van der Waals surface area contributed by atoms with Gasteiger partial charge < -0.3 is 47.8 Å². The molecule has 1 aliphatic heterocycles. The van der Waals surface area contributed by atoms with Crippen LogP contribution in [0, 0.1) is 0 Å². The predicted octanol–water partition coefficient (Wildman–Crippen LogP) is 4.27. The maximum Gasteiger partial charge on any atom is 0.268 e. The number of allylic oxidation sites excluding steroid dienone is 6. The molecule has 38 heavy (non-hydrogen) atoms. The van der Waals surface area contributed by atoms with Crippen molar-refractivity contribution in [1.29, 1.82) is 0 Å². The fourth-order valence-corrected chi connectivity index (χ4v) is 6.09. The summed E-state index contributed by atoms with van der Waals surface area (Å²) in [7, 11) is 6.62. The van der Waals surface area contributed by atoms with Crippen LogP contribution < -0.4 is 52.4 Å². The number of nitrogens with zero attached hydrogens (tertiary/aromatic N) is 2. The summed E-state index contributed by atoms with van der Waals surface area (Å²) in [6, 6.07) is 8.06. The standard InChI is InChI=1S/C29H31N2O4S2.HI/c1-7-14-30-20-16-22(32-3)24(34-5)18-26(20)36-28(30)12-10-9-11-13-29-31(15-8-2)21-17-23(33-4)25(35-6)19-27(21)37-29;/h7-19H,1-6H3;1H/q+1;/p-1. The molecular formula is C29H31IN2O4S2. The van der Waals surface area contributed by atoms with E-state index in [1.807, 2.05) is 56.3 Å². The summed E-state index contributed by atoms with van der Waals surface area (Å²) in [5.74, 6) is 2.87. The van der Waals surface area contributed by atoms with Crippen molar-refractivity contribution >= 4 is 51.3 Å². The molecule has 0 fully saturated rings. The monoisotopic (exact) mass is 662 g/mol. The smallest absolute Gasteiger partial charge is 0.268 e. The van der Waals surface area contributed by atoms with Gasteiger partial charge in [-0.2, -0.15) is 4.57 Å². The molecule has 3 aromatic rings. The van der Waals surface area contributed by atoms with Gasteiger partial charge in [-0.25, -0.2) is 0 Å². The molecular weight excluding hydrogens is 631 g/mol. The Morgan fingerprint density at radius 3 is 2.11 bits per heavy atom. The summed E-state index contributed by atoms with van der Waals surface area (Å²) in [5.41, 5.74) is 2.14. The SMILES string of the molecule is CC=CN1C(=CC=CC=Cc2sc3cc(OC)c(OC)cc3[n+]2C=CC)Sc2cc(OC)c(OC)cc21.[I-]. The molecule has 1 aliphatic rings. The molecule has 200 valence electrons. The number of ether oxygens (including phenoxy) is 4. The zero-order valence-corrected chi connectivity index (χ0v) is 26.0. The van der Waals surface area contributed by atoms with Gasteiger partial charge in [-0.15, -0.1) is 0 Å². The van der Waals surface area contributed by atoms with E-state index < -0.39 is 0 Å². The molecule has 2 heterocycles. The van der Waals surface area contributed by atoms with Crippen molar-refractivity contribution in [2.75, 3.05) is 33.3 Å². The highest BCUT2D eigenvalue weighted by Gasteiger charge is 2.26. The quantitative estimate of drug-likeness (QED) is 0.194. The minimum absolute atomic E-state index is 0. The Balaban J connectivity index is 0.00000400. The molecule has 0 N–H and O–H groups in total. The number of benzene rings is 2. The Hall–Kier alpha value is -2.89. The van der Waals surface area contributed by atoms with Crippen LogP contribution in [0.4, 0.5) is 5.69 Å². The van der Waals surface area contributed by atoms with Crippen LogP contribution in [0.3, 0.4) is 0 Å². The molecule has 0 atom stereocenters. The average Bonchev–Trinajstić information content (AvgIpc) is 3.43. The van der Waals surface area contributed by atoms with Crippen molar-refractivity contribution in [1.82, 2.24) is 0 Å². The van der Waals surface area contributed by atoms with E-state index >= 15 is 0 Å². The molecule has 0 bridgehead atoms. The lowest BCUT2D eigenvalue weighted by atomic mass is 10.2. The lowest BCUT2D eigenvalue weighted by molar-refractivity contribution is -0.535. The van der Waals surface area contributed by atoms with Gasteiger partial charge in [0.25, 0.3) is 5.01 Å². The van der Waals surface area contributed by atoms with Gasteiger partial charge in [0.1, 0.15) is 4.70 Å². The Bertz CT molecular complexity index is 1440. The molecule has 0 saturated heterocycles. The highest BCUT2D eigenvalue weighted by Crippen LogP contribution is 2.50. The van der Waals surface area contributed by atoms with Crippen LogP contribution in [-0.4, -0.2) is 28.4 Å². The van der Waals surface area contributed by atoms with Crippen molar-refractivity contribution in [2.45, 2.75) is 18.7 Å². The summed E-state index contributed by atoms with van der Waals surface area (Å²) in [4.78, 5) is 3.28. The highest BCUT2D eigenvalue weighted by atomic mass is 127. The van der Waals surface area contributed by atoms with Crippen LogP contribution in [0.2, 0.25) is 0 Å². The second-order valence-corrected chi connectivity index (χ2v) is 9.97. The third kappa shape index (κ3) is 6.05. The third-order valence-electron chi connectivity index (χ3n) is 5.65. The zero-order valence-electron chi connectivity index (χ0n) is 22.2. The van der Waals surface area contributed by atoms with E-state index in [4.69, 9.17) is 18.9 Å². The number of fused-ring (bicyclic) bond motifs is 2. The van der Waals surface area contributed by atoms with E-state index in [1.165, 1.54) is 0 Å². The van der Waals surface area contributed by atoms with Gasteiger partial charge >= 0.3 is 0 Å². The molecule has 6 nitrogen and oxygen atoms in total. The van der Waals surface area contributed by atoms with E-state index in [1.54, 1.807) is 51.5 Å². The van der Waals surface area contributed by atoms with Gasteiger partial charge in [0.05, 0.1) is 45.2 Å². The molecule has 0 aliphatic carbocycles. The Labute approximate surface area is 249 Å². The molecule has 0 saturated carbocycles. The second kappa shape index (κ2) is 13.8. The summed E-state index contributed by atoms with van der Waals surface area (Å²) in [6.45, 7) is 4.02. The minimum atomic E-state index is 0. The topological polar surface area (TPSA) is 44.0 Å². The lowest BCUT2D eigenvalue weighted by Gasteiger charge is -2.16. The fourth-order valence-electron chi connectivity index (χ4n) is 3.97. The van der Waals surface area contributed by atoms with Crippen LogP contribution >= 0.6 is 23.1 Å². The van der Waals surface area contributed by atoms with Crippen LogP contribution in [0.25, 0.3) is 22.5 Å². The zero-order chi connectivity index (χ0) is 26.4. The lowest BCUT2D eigenvalue weighted by Crippen LogP contribution is -3.00. The number of hydrogen-bond donors (Lipinski definition) is 0. The predicted molar refractivity (Wildman–Crippen MR) is 155 cm³/mol. The van der Waals surface area contributed by atoms with Crippen molar-refractivity contribution in [3.8, 4) is 23.0 Å². The molecule has 2 aromatic carbocycles. The van der Waals surface area contributed by atoms with Crippen LogP contribution in [0.5, 0.6) is 23.0 Å². The summed E-state index contributed by atoms with van der Waals surface area (Å²) in [5, 5.41) is 2.19. The van der Waals surface area contributed by atoms with Gasteiger partial charge in [-0.1, -0.05) is 47.4 Å². The fraction of sp³-hybridized carbons (Fsp3) is 0.207. The molecule has 0 unspecified atom stereocenters. The maximum atomic E-state index is 5.51. The Morgan fingerprint density at radius 1 is 0.789 bits per heavy atom. The summed E-state index contributed by atoms with van der Waals surface area (Å²) < 4.78 is 25.3. The van der Waals surface area contributed by atoms with E-state index in [2.05, 4.69) is 46.2 Å². The first-order valence-electron chi connectivity index (χ1n) is 11.7. The molecule has 1 aromatic heterocycles. The van der Waals surface area contributed by atoms with Gasteiger partial charge in [0, 0.05) is 35.4 Å². The first-order valence-corrected chi connectivity index (χ1v) is 13.4. The Morgan fingerprint density at radius 2 is 1.45 bits per heavy atom. The first-order chi connectivity index (χ1) is 18.1.